The summed E-state index contributed by atoms with van der Waals surface area (Å²) >= 11 is 9.30. The second kappa shape index (κ2) is 5.77. The molecule has 0 spiro atoms. The van der Waals surface area contributed by atoms with E-state index in [1.165, 1.54) is 0 Å². The molecule has 0 unspecified atom stereocenters. The molecule has 0 aliphatic heterocycles. The molecule has 1 aromatic carbocycles. The lowest BCUT2D eigenvalue weighted by Gasteiger charge is -2.10. The first-order valence-corrected chi connectivity index (χ1v) is 7.29. The number of hydrogen-bond donors (Lipinski definition) is 1. The van der Waals surface area contributed by atoms with Gasteiger partial charge in [0.25, 0.3) is 0 Å². The third kappa shape index (κ3) is 2.76. The summed E-state index contributed by atoms with van der Waals surface area (Å²) in [6, 6.07) is 11.8. The van der Waals surface area contributed by atoms with Crippen molar-refractivity contribution in [3.8, 4) is 0 Å². The second-order valence-electron chi connectivity index (χ2n) is 4.34. The topological polar surface area (TPSA) is 37.8 Å². The highest BCUT2D eigenvalue weighted by Gasteiger charge is 2.04. The molecule has 3 aromatic rings. The van der Waals surface area contributed by atoms with Crippen molar-refractivity contribution in [2.75, 3.05) is 5.32 Å². The number of rotatable bonds is 3. The van der Waals surface area contributed by atoms with E-state index in [1.54, 1.807) is 18.5 Å². The van der Waals surface area contributed by atoms with Crippen molar-refractivity contribution in [1.29, 1.82) is 0 Å². The van der Waals surface area contributed by atoms with E-state index in [-0.39, 0.29) is 0 Å². The summed E-state index contributed by atoms with van der Waals surface area (Å²) in [6.45, 7) is 0.690. The fraction of sp³-hybridized carbons (Fsp3) is 0.0667. The maximum atomic E-state index is 5.78. The van der Waals surface area contributed by atoms with Gasteiger partial charge in [0.1, 0.15) is 5.15 Å². The quantitative estimate of drug-likeness (QED) is 0.700. The molecule has 0 aliphatic rings. The lowest BCUT2D eigenvalue weighted by atomic mass is 10.2. The predicted molar refractivity (Wildman–Crippen MR) is 86.0 cm³/mol. The maximum absolute atomic E-state index is 5.78. The molecule has 3 rings (SSSR count). The molecule has 0 atom stereocenters. The van der Waals surface area contributed by atoms with Gasteiger partial charge in [0, 0.05) is 34.5 Å². The van der Waals surface area contributed by atoms with E-state index in [1.807, 2.05) is 24.3 Å². The predicted octanol–water partition coefficient (Wildman–Crippen LogP) is 4.66. The van der Waals surface area contributed by atoms with Crippen LogP contribution in [0.2, 0.25) is 5.15 Å². The van der Waals surface area contributed by atoms with Gasteiger partial charge in [-0.15, -0.1) is 0 Å². The van der Waals surface area contributed by atoms with Crippen LogP contribution in [0.3, 0.4) is 0 Å². The molecule has 1 N–H and O–H groups in total. The van der Waals surface area contributed by atoms with E-state index in [0.717, 1.165) is 26.6 Å². The maximum Gasteiger partial charge on any atom is 0.129 e. The van der Waals surface area contributed by atoms with E-state index >= 15 is 0 Å². The molecular weight excluding hydrogens is 338 g/mol. The van der Waals surface area contributed by atoms with Gasteiger partial charge in [0.2, 0.25) is 0 Å². The van der Waals surface area contributed by atoms with Gasteiger partial charge < -0.3 is 5.32 Å². The Kier molecular flexibility index (Phi) is 3.85. The second-order valence-corrected chi connectivity index (χ2v) is 5.58. The van der Waals surface area contributed by atoms with Crippen LogP contribution in [0.4, 0.5) is 5.69 Å². The summed E-state index contributed by atoms with van der Waals surface area (Å²) in [5.41, 5.74) is 3.08. The highest BCUT2D eigenvalue weighted by atomic mass is 79.9. The van der Waals surface area contributed by atoms with Crippen molar-refractivity contribution in [3.63, 3.8) is 0 Å². The molecule has 100 valence electrons. The molecule has 0 radical (unpaired) electrons. The molecule has 0 amide bonds. The van der Waals surface area contributed by atoms with Crippen molar-refractivity contribution in [2.45, 2.75) is 6.54 Å². The van der Waals surface area contributed by atoms with E-state index < -0.39 is 0 Å². The molecule has 20 heavy (non-hydrogen) atoms. The Balaban J connectivity index is 1.88. The van der Waals surface area contributed by atoms with Gasteiger partial charge in [-0.05, 0) is 39.7 Å². The van der Waals surface area contributed by atoms with E-state index in [4.69, 9.17) is 11.6 Å². The Morgan fingerprint density at radius 3 is 2.80 bits per heavy atom. The molecule has 5 heteroatoms. The van der Waals surface area contributed by atoms with Crippen LogP contribution in [-0.2, 0) is 6.54 Å². The minimum Gasteiger partial charge on any atom is -0.380 e. The van der Waals surface area contributed by atoms with Crippen LogP contribution < -0.4 is 5.32 Å². The van der Waals surface area contributed by atoms with Crippen LogP contribution in [0.15, 0.2) is 53.3 Å². The Hall–Kier alpha value is -1.65. The smallest absolute Gasteiger partial charge is 0.129 e. The summed E-state index contributed by atoms with van der Waals surface area (Å²) in [7, 11) is 0. The zero-order valence-corrected chi connectivity index (χ0v) is 12.8. The fourth-order valence-corrected chi connectivity index (χ4v) is 2.58. The lowest BCUT2D eigenvalue weighted by Crippen LogP contribution is -2.00. The van der Waals surface area contributed by atoms with E-state index in [0.29, 0.717) is 11.7 Å². The van der Waals surface area contributed by atoms with Crippen molar-refractivity contribution in [2.24, 2.45) is 0 Å². The van der Waals surface area contributed by atoms with Crippen molar-refractivity contribution < 1.29 is 0 Å². The normalized spacial score (nSPS) is 10.7. The van der Waals surface area contributed by atoms with Crippen LogP contribution in [0.1, 0.15) is 5.56 Å². The van der Waals surface area contributed by atoms with Crippen LogP contribution in [0.25, 0.3) is 10.9 Å². The van der Waals surface area contributed by atoms with E-state index in [2.05, 4.69) is 37.3 Å². The van der Waals surface area contributed by atoms with Crippen molar-refractivity contribution in [1.82, 2.24) is 9.97 Å². The number of nitrogens with one attached hydrogen (secondary N) is 1. The third-order valence-corrected chi connectivity index (χ3v) is 3.86. The number of anilines is 1. The average molecular weight is 349 g/mol. The SMILES string of the molecule is Clc1ccc(CNc2ccnc3c(Br)cccc23)cn1. The van der Waals surface area contributed by atoms with Gasteiger partial charge >= 0.3 is 0 Å². The Morgan fingerprint density at radius 2 is 2.00 bits per heavy atom. The number of halogens is 2. The number of fused-ring (bicyclic) bond motifs is 1. The van der Waals surface area contributed by atoms with Crippen LogP contribution in [-0.4, -0.2) is 9.97 Å². The fourth-order valence-electron chi connectivity index (χ4n) is 2.00. The van der Waals surface area contributed by atoms with Crippen LogP contribution >= 0.6 is 27.5 Å². The van der Waals surface area contributed by atoms with Crippen molar-refractivity contribution >= 4 is 44.1 Å². The summed E-state index contributed by atoms with van der Waals surface area (Å²) in [5.74, 6) is 0. The zero-order valence-electron chi connectivity index (χ0n) is 10.5. The molecule has 2 aromatic heterocycles. The Morgan fingerprint density at radius 1 is 1.10 bits per heavy atom. The minimum absolute atomic E-state index is 0.507. The standard InChI is InChI=1S/C15H11BrClN3/c16-12-3-1-2-11-13(6-7-18-15(11)12)19-8-10-4-5-14(17)20-9-10/h1-7,9H,8H2,(H,18,19). The van der Waals surface area contributed by atoms with Gasteiger partial charge in [-0.25, -0.2) is 4.98 Å². The third-order valence-electron chi connectivity index (χ3n) is 2.99. The zero-order chi connectivity index (χ0) is 13.9. The molecular formula is C15H11BrClN3. The number of pyridine rings is 2. The van der Waals surface area contributed by atoms with Gasteiger partial charge in [0.05, 0.1) is 5.52 Å². The van der Waals surface area contributed by atoms with Gasteiger partial charge in [0.15, 0.2) is 0 Å². The molecule has 0 aliphatic carbocycles. The van der Waals surface area contributed by atoms with E-state index in [9.17, 15) is 0 Å². The van der Waals surface area contributed by atoms with Gasteiger partial charge in [-0.3, -0.25) is 4.98 Å². The number of aromatic nitrogens is 2. The Labute approximate surface area is 130 Å². The molecule has 0 saturated carbocycles. The molecule has 3 nitrogen and oxygen atoms in total. The summed E-state index contributed by atoms with van der Waals surface area (Å²) < 4.78 is 0.992. The van der Waals surface area contributed by atoms with Crippen LogP contribution in [0.5, 0.6) is 0 Å². The van der Waals surface area contributed by atoms with Crippen LogP contribution in [0, 0.1) is 0 Å². The molecule has 0 saturated heterocycles. The number of hydrogen-bond acceptors (Lipinski definition) is 3. The largest absolute Gasteiger partial charge is 0.380 e. The monoisotopic (exact) mass is 347 g/mol. The average Bonchev–Trinajstić information content (AvgIpc) is 2.47. The first-order chi connectivity index (χ1) is 9.74. The van der Waals surface area contributed by atoms with Crippen molar-refractivity contribution in [3.05, 3.63) is 64.0 Å². The minimum atomic E-state index is 0.507. The highest BCUT2D eigenvalue weighted by molar-refractivity contribution is 9.10. The number of para-hydroxylation sites is 1. The number of benzene rings is 1. The van der Waals surface area contributed by atoms with Gasteiger partial charge in [-0.2, -0.15) is 0 Å². The highest BCUT2D eigenvalue weighted by Crippen LogP contribution is 2.27. The van der Waals surface area contributed by atoms with Gasteiger partial charge in [-0.1, -0.05) is 29.8 Å². The lowest BCUT2D eigenvalue weighted by molar-refractivity contribution is 1.11. The number of nitrogens with zero attached hydrogens (tertiary/aromatic N) is 2. The summed E-state index contributed by atoms with van der Waals surface area (Å²) in [4.78, 5) is 8.46. The molecule has 2 heterocycles. The Bertz CT molecular complexity index is 744. The molecule has 0 bridgehead atoms. The first kappa shape index (κ1) is 13.3. The first-order valence-electron chi connectivity index (χ1n) is 6.11. The summed E-state index contributed by atoms with van der Waals surface area (Å²) in [5, 5.41) is 5.00. The summed E-state index contributed by atoms with van der Waals surface area (Å²) in [6.07, 6.45) is 3.57. The molecule has 0 fully saturated rings.